The molecule has 0 bridgehead atoms. The number of carbonyl (C=O) groups excluding carboxylic acids is 1. The Hall–Kier alpha value is -2.95. The van der Waals surface area contributed by atoms with Crippen molar-refractivity contribution in [2.45, 2.75) is 6.92 Å². The van der Waals surface area contributed by atoms with E-state index in [-0.39, 0.29) is 28.6 Å². The summed E-state index contributed by atoms with van der Waals surface area (Å²) in [6.07, 6.45) is 1.52. The molecule has 5 heteroatoms. The lowest BCUT2D eigenvalue weighted by Crippen LogP contribution is -2.00. The number of rotatable bonds is 3. The fraction of sp³-hybridized carbons (Fsp3) is 0.0625. The number of benzene rings is 2. The third kappa shape index (κ3) is 3.14. The van der Waals surface area contributed by atoms with E-state index < -0.39 is 5.78 Å². The standard InChI is InChI=1S/C16H14O5/c1-9(6-10-2-5-13(18)15(20)7-10)16(21)12-4-3-11(17)8-14(12)19/h2-8,17-20H,1H3/b9-6+. The average molecular weight is 286 g/mol. The van der Waals surface area contributed by atoms with Gasteiger partial charge in [-0.2, -0.15) is 0 Å². The molecular weight excluding hydrogens is 272 g/mol. The number of carbonyl (C=O) groups is 1. The molecule has 0 aliphatic carbocycles. The molecule has 0 heterocycles. The van der Waals surface area contributed by atoms with Gasteiger partial charge in [0.2, 0.25) is 0 Å². The molecular formula is C16H14O5. The maximum absolute atomic E-state index is 12.2. The molecule has 4 N–H and O–H groups in total. The smallest absolute Gasteiger partial charge is 0.192 e. The zero-order chi connectivity index (χ0) is 15.6. The number of aromatic hydroxyl groups is 4. The van der Waals surface area contributed by atoms with Gasteiger partial charge in [-0.1, -0.05) is 6.07 Å². The van der Waals surface area contributed by atoms with Crippen LogP contribution >= 0.6 is 0 Å². The van der Waals surface area contributed by atoms with E-state index in [1.807, 2.05) is 0 Å². The summed E-state index contributed by atoms with van der Waals surface area (Å²) in [6, 6.07) is 7.92. The highest BCUT2D eigenvalue weighted by atomic mass is 16.3. The van der Waals surface area contributed by atoms with Gasteiger partial charge in [0.05, 0.1) is 5.56 Å². The van der Waals surface area contributed by atoms with Crippen LogP contribution in [0.1, 0.15) is 22.8 Å². The van der Waals surface area contributed by atoms with Crippen molar-refractivity contribution < 1.29 is 25.2 Å². The first-order valence-corrected chi connectivity index (χ1v) is 6.15. The van der Waals surface area contributed by atoms with Crippen LogP contribution in [-0.2, 0) is 0 Å². The van der Waals surface area contributed by atoms with E-state index in [1.165, 1.54) is 30.3 Å². The van der Waals surface area contributed by atoms with Crippen molar-refractivity contribution in [1.29, 1.82) is 0 Å². The van der Waals surface area contributed by atoms with Crippen LogP contribution in [-0.4, -0.2) is 26.2 Å². The predicted octanol–water partition coefficient (Wildman–Crippen LogP) is 2.80. The van der Waals surface area contributed by atoms with Crippen LogP contribution in [0.15, 0.2) is 42.0 Å². The van der Waals surface area contributed by atoms with Gasteiger partial charge in [-0.25, -0.2) is 0 Å². The minimum atomic E-state index is -0.403. The highest BCUT2D eigenvalue weighted by molar-refractivity contribution is 6.12. The molecule has 5 nitrogen and oxygen atoms in total. The lowest BCUT2D eigenvalue weighted by atomic mass is 10.0. The highest BCUT2D eigenvalue weighted by Crippen LogP contribution is 2.28. The van der Waals surface area contributed by atoms with E-state index in [0.29, 0.717) is 11.1 Å². The van der Waals surface area contributed by atoms with Gasteiger partial charge >= 0.3 is 0 Å². The quantitative estimate of drug-likeness (QED) is 0.395. The summed E-state index contributed by atoms with van der Waals surface area (Å²) in [4.78, 5) is 12.2. The molecule has 0 amide bonds. The zero-order valence-electron chi connectivity index (χ0n) is 11.2. The summed E-state index contributed by atoms with van der Waals surface area (Å²) in [5, 5.41) is 37.5. The van der Waals surface area contributed by atoms with E-state index in [0.717, 1.165) is 6.07 Å². The van der Waals surface area contributed by atoms with E-state index in [4.69, 9.17) is 0 Å². The number of ketones is 1. The number of phenols is 4. The molecule has 0 spiro atoms. The van der Waals surface area contributed by atoms with Crippen LogP contribution in [0.25, 0.3) is 6.08 Å². The third-order valence-electron chi connectivity index (χ3n) is 2.97. The van der Waals surface area contributed by atoms with Crippen molar-refractivity contribution in [1.82, 2.24) is 0 Å². The first-order valence-electron chi connectivity index (χ1n) is 6.15. The summed E-state index contributed by atoms with van der Waals surface area (Å²) in [5.41, 5.74) is 0.944. The molecule has 2 aromatic carbocycles. The molecule has 0 aliphatic rings. The maximum Gasteiger partial charge on any atom is 0.192 e. The Balaban J connectivity index is 2.33. The summed E-state index contributed by atoms with van der Waals surface area (Å²) in [7, 11) is 0. The second-order valence-electron chi connectivity index (χ2n) is 4.61. The van der Waals surface area contributed by atoms with Gasteiger partial charge in [0.25, 0.3) is 0 Å². The fourth-order valence-corrected chi connectivity index (χ4v) is 1.87. The molecule has 2 rings (SSSR count). The Morgan fingerprint density at radius 2 is 1.62 bits per heavy atom. The largest absolute Gasteiger partial charge is 0.508 e. The first-order chi connectivity index (χ1) is 9.88. The summed E-state index contributed by atoms with van der Waals surface area (Å²) in [5.74, 6) is -1.36. The summed E-state index contributed by atoms with van der Waals surface area (Å²) >= 11 is 0. The fourth-order valence-electron chi connectivity index (χ4n) is 1.87. The second-order valence-corrected chi connectivity index (χ2v) is 4.61. The molecule has 0 atom stereocenters. The number of hydrogen-bond donors (Lipinski definition) is 4. The molecule has 108 valence electrons. The molecule has 21 heavy (non-hydrogen) atoms. The Labute approximate surface area is 121 Å². The molecule has 0 saturated heterocycles. The number of allylic oxidation sites excluding steroid dienone is 1. The van der Waals surface area contributed by atoms with E-state index in [1.54, 1.807) is 13.0 Å². The number of phenolic OH excluding ortho intramolecular Hbond substituents is 4. The lowest BCUT2D eigenvalue weighted by molar-refractivity contribution is 0.103. The van der Waals surface area contributed by atoms with Crippen molar-refractivity contribution >= 4 is 11.9 Å². The monoisotopic (exact) mass is 286 g/mol. The van der Waals surface area contributed by atoms with E-state index in [2.05, 4.69) is 0 Å². The summed E-state index contributed by atoms with van der Waals surface area (Å²) < 4.78 is 0. The molecule has 0 radical (unpaired) electrons. The Morgan fingerprint density at radius 3 is 2.24 bits per heavy atom. The van der Waals surface area contributed by atoms with Crippen molar-refractivity contribution in [2.24, 2.45) is 0 Å². The molecule has 0 unspecified atom stereocenters. The Bertz CT molecular complexity index is 731. The maximum atomic E-state index is 12.2. The van der Waals surface area contributed by atoms with Crippen molar-refractivity contribution in [2.75, 3.05) is 0 Å². The zero-order valence-corrected chi connectivity index (χ0v) is 11.2. The van der Waals surface area contributed by atoms with E-state index >= 15 is 0 Å². The van der Waals surface area contributed by atoms with Gasteiger partial charge in [0.15, 0.2) is 17.3 Å². The average Bonchev–Trinajstić information content (AvgIpc) is 2.42. The van der Waals surface area contributed by atoms with Crippen molar-refractivity contribution in [3.8, 4) is 23.0 Å². The SMILES string of the molecule is C/C(=C\c1ccc(O)c(O)c1)C(=O)c1ccc(O)cc1O. The van der Waals surface area contributed by atoms with Crippen molar-refractivity contribution in [3.63, 3.8) is 0 Å². The van der Waals surface area contributed by atoms with Gasteiger partial charge in [0, 0.05) is 6.07 Å². The third-order valence-corrected chi connectivity index (χ3v) is 2.97. The second kappa shape index (κ2) is 5.58. The van der Waals surface area contributed by atoms with Gasteiger partial charge < -0.3 is 20.4 Å². The lowest BCUT2D eigenvalue weighted by Gasteiger charge is -2.05. The normalized spacial score (nSPS) is 11.4. The van der Waals surface area contributed by atoms with Crippen LogP contribution in [0.3, 0.4) is 0 Å². The van der Waals surface area contributed by atoms with Gasteiger partial charge in [-0.3, -0.25) is 4.79 Å². The van der Waals surface area contributed by atoms with Crippen LogP contribution in [0, 0.1) is 0 Å². The molecule has 0 saturated carbocycles. The Kier molecular flexibility index (Phi) is 3.84. The first kappa shape index (κ1) is 14.5. The molecule has 0 aliphatic heterocycles. The minimum absolute atomic E-state index is 0.0737. The summed E-state index contributed by atoms with van der Waals surface area (Å²) in [6.45, 7) is 1.57. The topological polar surface area (TPSA) is 98.0 Å². The molecule has 2 aromatic rings. The van der Waals surface area contributed by atoms with Crippen LogP contribution < -0.4 is 0 Å². The van der Waals surface area contributed by atoms with Gasteiger partial charge in [-0.05, 0) is 48.4 Å². The van der Waals surface area contributed by atoms with Crippen LogP contribution in [0.2, 0.25) is 0 Å². The van der Waals surface area contributed by atoms with Gasteiger partial charge in [-0.15, -0.1) is 0 Å². The number of Topliss-reactive ketones (excluding diaryl/α,β-unsaturated/α-hetero) is 1. The van der Waals surface area contributed by atoms with Gasteiger partial charge in [0.1, 0.15) is 11.5 Å². The van der Waals surface area contributed by atoms with Crippen molar-refractivity contribution in [3.05, 3.63) is 53.1 Å². The predicted molar refractivity (Wildman–Crippen MR) is 77.5 cm³/mol. The molecule has 0 fully saturated rings. The highest BCUT2D eigenvalue weighted by Gasteiger charge is 2.13. The van der Waals surface area contributed by atoms with Crippen LogP contribution in [0.5, 0.6) is 23.0 Å². The minimum Gasteiger partial charge on any atom is -0.508 e. The Morgan fingerprint density at radius 1 is 0.905 bits per heavy atom. The van der Waals surface area contributed by atoms with Crippen LogP contribution in [0.4, 0.5) is 0 Å². The number of hydrogen-bond acceptors (Lipinski definition) is 5. The molecule has 0 aromatic heterocycles. The van der Waals surface area contributed by atoms with E-state index in [9.17, 15) is 25.2 Å².